The predicted octanol–water partition coefficient (Wildman–Crippen LogP) is 1.89. The van der Waals surface area contributed by atoms with Crippen molar-refractivity contribution in [3.05, 3.63) is 35.6 Å². The van der Waals surface area contributed by atoms with Gasteiger partial charge in [0.15, 0.2) is 0 Å². The molecule has 1 aliphatic carbocycles. The van der Waals surface area contributed by atoms with Crippen molar-refractivity contribution in [3.8, 4) is 0 Å². The van der Waals surface area contributed by atoms with Crippen LogP contribution in [0.15, 0.2) is 24.3 Å². The molecule has 0 bridgehead atoms. The monoisotopic (exact) mass is 252 g/mol. The topological polar surface area (TPSA) is 25.8 Å². The molecule has 100 valence electrons. The average molecular weight is 252 g/mol. The Labute approximate surface area is 109 Å². The number of halogens is 1. The van der Waals surface area contributed by atoms with Crippen molar-refractivity contribution in [2.45, 2.75) is 44.2 Å². The number of nitrogens with two attached hydrogens (primary N) is 1. The van der Waals surface area contributed by atoms with Crippen molar-refractivity contribution >= 4 is 0 Å². The molecule has 1 fully saturated rings. The van der Waals surface area contributed by atoms with Gasteiger partial charge in [-0.25, -0.2) is 4.39 Å². The molecule has 2 N–H and O–H groups in total. The zero-order valence-corrected chi connectivity index (χ0v) is 11.1. The van der Waals surface area contributed by atoms with Gasteiger partial charge < -0.3 is 10.1 Å². The van der Waals surface area contributed by atoms with Gasteiger partial charge in [0, 0.05) is 20.0 Å². The highest BCUT2D eigenvalue weighted by Crippen LogP contribution is 2.18. The van der Waals surface area contributed by atoms with E-state index in [1.807, 2.05) is 19.2 Å². The van der Waals surface area contributed by atoms with Gasteiger partial charge in [0.1, 0.15) is 18.0 Å². The van der Waals surface area contributed by atoms with Crippen LogP contribution in [0.1, 0.15) is 31.2 Å². The van der Waals surface area contributed by atoms with Crippen molar-refractivity contribution in [2.24, 2.45) is 0 Å². The first-order chi connectivity index (χ1) is 8.79. The molecule has 0 aromatic heterocycles. The van der Waals surface area contributed by atoms with Crippen LogP contribution in [0.3, 0.4) is 0 Å². The first kappa shape index (κ1) is 13.5. The Morgan fingerprint density at radius 1 is 1.22 bits per heavy atom. The molecular formula is C15H23FNO+. The summed E-state index contributed by atoms with van der Waals surface area (Å²) in [7, 11) is 1.82. The quantitative estimate of drug-likeness (QED) is 0.851. The predicted molar refractivity (Wildman–Crippen MR) is 69.9 cm³/mol. The third-order valence-electron chi connectivity index (χ3n) is 3.87. The summed E-state index contributed by atoms with van der Waals surface area (Å²) in [6, 6.07) is 7.42. The van der Waals surface area contributed by atoms with E-state index in [0.717, 1.165) is 13.0 Å². The molecule has 0 unspecified atom stereocenters. The summed E-state index contributed by atoms with van der Waals surface area (Å²) in [5, 5.41) is 2.40. The summed E-state index contributed by atoms with van der Waals surface area (Å²) >= 11 is 0. The van der Waals surface area contributed by atoms with Gasteiger partial charge in [-0.15, -0.1) is 0 Å². The van der Waals surface area contributed by atoms with Crippen LogP contribution in [0.5, 0.6) is 0 Å². The smallest absolute Gasteiger partial charge is 0.123 e. The molecule has 1 aromatic carbocycles. The van der Waals surface area contributed by atoms with Crippen molar-refractivity contribution in [3.63, 3.8) is 0 Å². The van der Waals surface area contributed by atoms with Gasteiger partial charge in [-0.3, -0.25) is 0 Å². The molecule has 0 amide bonds. The lowest BCUT2D eigenvalue weighted by atomic mass is 9.92. The molecule has 3 heteroatoms. The molecular weight excluding hydrogens is 229 g/mol. The summed E-state index contributed by atoms with van der Waals surface area (Å²) in [6.45, 7) is 1.05. The van der Waals surface area contributed by atoms with E-state index >= 15 is 0 Å². The SMILES string of the molecule is CO[C@@H]1CCCC[C@@H]1[NH2+]CCc1ccc(F)cc1. The summed E-state index contributed by atoms with van der Waals surface area (Å²) < 4.78 is 18.3. The molecule has 2 atom stereocenters. The lowest BCUT2D eigenvalue weighted by Crippen LogP contribution is -2.93. The number of hydrogen-bond donors (Lipinski definition) is 1. The van der Waals surface area contributed by atoms with E-state index in [0.29, 0.717) is 12.1 Å². The first-order valence-corrected chi connectivity index (χ1v) is 6.90. The summed E-state index contributed by atoms with van der Waals surface area (Å²) in [4.78, 5) is 0. The molecule has 2 nitrogen and oxygen atoms in total. The highest BCUT2D eigenvalue weighted by atomic mass is 19.1. The normalized spacial score (nSPS) is 24.1. The minimum absolute atomic E-state index is 0.158. The Morgan fingerprint density at radius 3 is 2.67 bits per heavy atom. The summed E-state index contributed by atoms with van der Waals surface area (Å²) in [6.07, 6.45) is 6.45. The second-order valence-electron chi connectivity index (χ2n) is 5.12. The highest BCUT2D eigenvalue weighted by molar-refractivity contribution is 5.15. The third kappa shape index (κ3) is 3.79. The molecule has 0 saturated heterocycles. The Balaban J connectivity index is 1.75. The molecule has 1 aliphatic rings. The number of methoxy groups -OCH3 is 1. The van der Waals surface area contributed by atoms with Gasteiger partial charge in [-0.1, -0.05) is 18.6 Å². The molecule has 18 heavy (non-hydrogen) atoms. The summed E-state index contributed by atoms with van der Waals surface area (Å²) in [5.41, 5.74) is 1.21. The van der Waals surface area contributed by atoms with Crippen LogP contribution in [0.2, 0.25) is 0 Å². The van der Waals surface area contributed by atoms with E-state index in [2.05, 4.69) is 5.32 Å². The van der Waals surface area contributed by atoms with E-state index in [4.69, 9.17) is 4.74 Å². The van der Waals surface area contributed by atoms with Gasteiger partial charge in [-0.05, 0) is 30.5 Å². The Morgan fingerprint density at radius 2 is 1.94 bits per heavy atom. The molecule has 1 saturated carbocycles. The van der Waals surface area contributed by atoms with Crippen LogP contribution in [0, 0.1) is 5.82 Å². The van der Waals surface area contributed by atoms with Crippen LogP contribution in [-0.2, 0) is 11.2 Å². The minimum Gasteiger partial charge on any atom is -0.375 e. The Hall–Kier alpha value is -0.930. The fraction of sp³-hybridized carbons (Fsp3) is 0.600. The van der Waals surface area contributed by atoms with Gasteiger partial charge >= 0.3 is 0 Å². The number of ether oxygens (including phenoxy) is 1. The largest absolute Gasteiger partial charge is 0.375 e. The van der Waals surface area contributed by atoms with Crippen molar-refractivity contribution in [2.75, 3.05) is 13.7 Å². The van der Waals surface area contributed by atoms with Crippen molar-refractivity contribution in [1.82, 2.24) is 0 Å². The van der Waals surface area contributed by atoms with Crippen molar-refractivity contribution in [1.29, 1.82) is 0 Å². The van der Waals surface area contributed by atoms with Crippen LogP contribution >= 0.6 is 0 Å². The maximum absolute atomic E-state index is 12.8. The van der Waals surface area contributed by atoms with Crippen LogP contribution < -0.4 is 5.32 Å². The standard InChI is InChI=1S/C15H22FNO/c1-18-15-5-3-2-4-14(15)17-11-10-12-6-8-13(16)9-7-12/h6-9,14-15,17H,2-5,10-11H2,1H3/p+1/t14-,15+/m0/s1. The number of hydrogen-bond acceptors (Lipinski definition) is 1. The van der Waals surface area contributed by atoms with E-state index in [1.54, 1.807) is 0 Å². The molecule has 0 radical (unpaired) electrons. The number of quaternary nitrogens is 1. The maximum Gasteiger partial charge on any atom is 0.123 e. The van der Waals surface area contributed by atoms with Gasteiger partial charge in [0.25, 0.3) is 0 Å². The lowest BCUT2D eigenvalue weighted by Gasteiger charge is -2.28. The maximum atomic E-state index is 12.8. The minimum atomic E-state index is -0.158. The zero-order chi connectivity index (χ0) is 12.8. The van der Waals surface area contributed by atoms with Gasteiger partial charge in [0.05, 0.1) is 6.54 Å². The van der Waals surface area contributed by atoms with E-state index in [9.17, 15) is 4.39 Å². The van der Waals surface area contributed by atoms with Crippen LogP contribution in [0.25, 0.3) is 0 Å². The van der Waals surface area contributed by atoms with Crippen LogP contribution in [-0.4, -0.2) is 25.8 Å². The second-order valence-corrected chi connectivity index (χ2v) is 5.12. The first-order valence-electron chi connectivity index (χ1n) is 6.90. The molecule has 2 rings (SSSR count). The molecule has 0 heterocycles. The fourth-order valence-electron chi connectivity index (χ4n) is 2.80. The third-order valence-corrected chi connectivity index (χ3v) is 3.87. The molecule has 0 spiro atoms. The highest BCUT2D eigenvalue weighted by Gasteiger charge is 2.27. The summed E-state index contributed by atoms with van der Waals surface area (Å²) in [5.74, 6) is -0.158. The average Bonchev–Trinajstić information content (AvgIpc) is 2.41. The number of benzene rings is 1. The van der Waals surface area contributed by atoms with E-state index in [1.165, 1.54) is 43.4 Å². The lowest BCUT2D eigenvalue weighted by molar-refractivity contribution is -0.698. The molecule has 0 aliphatic heterocycles. The van der Waals surface area contributed by atoms with Gasteiger partial charge in [-0.2, -0.15) is 0 Å². The number of rotatable bonds is 5. The van der Waals surface area contributed by atoms with Gasteiger partial charge in [0.2, 0.25) is 0 Å². The fourth-order valence-corrected chi connectivity index (χ4v) is 2.80. The molecule has 1 aromatic rings. The Bertz CT molecular complexity index is 352. The van der Waals surface area contributed by atoms with E-state index < -0.39 is 0 Å². The van der Waals surface area contributed by atoms with Crippen molar-refractivity contribution < 1.29 is 14.4 Å². The van der Waals surface area contributed by atoms with E-state index in [-0.39, 0.29) is 5.82 Å². The second kappa shape index (κ2) is 6.86. The zero-order valence-electron chi connectivity index (χ0n) is 11.1. The van der Waals surface area contributed by atoms with Crippen LogP contribution in [0.4, 0.5) is 4.39 Å². The Kier molecular flexibility index (Phi) is 5.14.